The third kappa shape index (κ3) is 2.99. The van der Waals surface area contributed by atoms with Gasteiger partial charge in [0.15, 0.2) is 0 Å². The van der Waals surface area contributed by atoms with Gasteiger partial charge in [0.2, 0.25) is 0 Å². The quantitative estimate of drug-likeness (QED) is 0.766. The van der Waals surface area contributed by atoms with Gasteiger partial charge < -0.3 is 4.90 Å². The molecule has 2 aromatic rings. The Balaban J connectivity index is 2.12. The Morgan fingerprint density at radius 2 is 1.73 bits per heavy atom. The number of alkyl halides is 2. The summed E-state index contributed by atoms with van der Waals surface area (Å²) in [5, 5.41) is 0. The van der Waals surface area contributed by atoms with Gasteiger partial charge in [0.25, 0.3) is 0 Å². The Morgan fingerprint density at radius 3 is 2.45 bits per heavy atom. The van der Waals surface area contributed by atoms with Crippen molar-refractivity contribution in [2.75, 3.05) is 29.7 Å². The van der Waals surface area contributed by atoms with Crippen LogP contribution in [0.4, 0.5) is 5.69 Å². The Labute approximate surface area is 141 Å². The lowest BCUT2D eigenvalue weighted by Gasteiger charge is -2.30. The minimum atomic E-state index is 0.169. The van der Waals surface area contributed by atoms with Gasteiger partial charge in [-0.15, -0.1) is 23.2 Å². The molecule has 2 aromatic carbocycles. The molecule has 0 saturated heterocycles. The van der Waals surface area contributed by atoms with Crippen LogP contribution in [-0.4, -0.2) is 36.6 Å². The van der Waals surface area contributed by atoms with Crippen LogP contribution < -0.4 is 4.90 Å². The molecule has 4 heteroatoms. The van der Waals surface area contributed by atoms with Gasteiger partial charge in [0.1, 0.15) is 0 Å². The molecule has 22 heavy (non-hydrogen) atoms. The molecule has 0 fully saturated rings. The molecule has 2 nitrogen and oxygen atoms in total. The summed E-state index contributed by atoms with van der Waals surface area (Å²) in [6.45, 7) is 1.45. The molecule has 0 radical (unpaired) electrons. The van der Waals surface area contributed by atoms with E-state index in [1.165, 1.54) is 0 Å². The Morgan fingerprint density at radius 1 is 1.00 bits per heavy atom. The zero-order valence-corrected chi connectivity index (χ0v) is 13.8. The smallest absolute Gasteiger partial charge is 0.0740 e. The van der Waals surface area contributed by atoms with Crippen LogP contribution in [0.1, 0.15) is 11.1 Å². The number of benzodiazepines with no additional fused rings is 1. The number of hydrogen-bond acceptors (Lipinski definition) is 2. The van der Waals surface area contributed by atoms with Crippen LogP contribution in [0.15, 0.2) is 59.6 Å². The van der Waals surface area contributed by atoms with Crippen molar-refractivity contribution >= 4 is 34.6 Å². The lowest BCUT2D eigenvalue weighted by atomic mass is 10.00. The molecule has 0 aliphatic carbocycles. The molecular weight excluding hydrogens is 315 g/mol. The molecule has 0 saturated carbocycles. The number of hydrogen-bond donors (Lipinski definition) is 0. The van der Waals surface area contributed by atoms with Gasteiger partial charge in [-0.2, -0.15) is 0 Å². The van der Waals surface area contributed by atoms with E-state index in [0.717, 1.165) is 29.1 Å². The lowest BCUT2D eigenvalue weighted by molar-refractivity contribution is 0.670. The Hall–Kier alpha value is -1.51. The van der Waals surface area contributed by atoms with Gasteiger partial charge >= 0.3 is 0 Å². The number of nitrogens with zero attached hydrogens (tertiary/aromatic N) is 2. The van der Waals surface area contributed by atoms with Crippen molar-refractivity contribution < 1.29 is 0 Å². The van der Waals surface area contributed by atoms with Crippen LogP contribution in [0.2, 0.25) is 0 Å². The lowest BCUT2D eigenvalue weighted by Crippen LogP contribution is -2.40. The summed E-state index contributed by atoms with van der Waals surface area (Å²) < 4.78 is 0. The van der Waals surface area contributed by atoms with Crippen LogP contribution >= 0.6 is 23.2 Å². The maximum Gasteiger partial charge on any atom is 0.0740 e. The fraction of sp³-hybridized carbons (Fsp3) is 0.278. The number of halogens is 2. The molecule has 3 rings (SSSR count). The van der Waals surface area contributed by atoms with E-state index in [1.54, 1.807) is 0 Å². The first kappa shape index (κ1) is 15.4. The van der Waals surface area contributed by atoms with Crippen LogP contribution in [0.5, 0.6) is 0 Å². The topological polar surface area (TPSA) is 15.6 Å². The van der Waals surface area contributed by atoms with E-state index in [9.17, 15) is 0 Å². The van der Waals surface area contributed by atoms with Gasteiger partial charge in [-0.05, 0) is 6.07 Å². The van der Waals surface area contributed by atoms with Gasteiger partial charge in [0.05, 0.1) is 18.3 Å². The minimum absolute atomic E-state index is 0.169. The normalized spacial score (nSPS) is 17.6. The molecule has 1 unspecified atom stereocenters. The van der Waals surface area contributed by atoms with Gasteiger partial charge in [-0.3, -0.25) is 4.99 Å². The Kier molecular flexibility index (Phi) is 5.01. The fourth-order valence-electron chi connectivity index (χ4n) is 2.87. The average Bonchev–Trinajstić information content (AvgIpc) is 2.73. The Bertz CT molecular complexity index is 655. The maximum absolute atomic E-state index is 6.19. The summed E-state index contributed by atoms with van der Waals surface area (Å²) in [4.78, 5) is 7.15. The van der Waals surface area contributed by atoms with E-state index in [1.807, 2.05) is 18.2 Å². The second kappa shape index (κ2) is 7.17. The molecule has 1 heterocycles. The van der Waals surface area contributed by atoms with Gasteiger partial charge in [-0.25, -0.2) is 0 Å². The molecule has 0 bridgehead atoms. The van der Waals surface area contributed by atoms with Crippen molar-refractivity contribution in [2.24, 2.45) is 4.99 Å². The van der Waals surface area contributed by atoms with Gasteiger partial charge in [0, 0.05) is 35.1 Å². The largest absolute Gasteiger partial charge is 0.364 e. The molecule has 1 aliphatic heterocycles. The van der Waals surface area contributed by atoms with Crippen molar-refractivity contribution in [3.05, 3.63) is 65.7 Å². The summed E-state index contributed by atoms with van der Waals surface area (Å²) >= 11 is 12.2. The molecule has 0 spiro atoms. The minimum Gasteiger partial charge on any atom is -0.364 e. The summed E-state index contributed by atoms with van der Waals surface area (Å²) in [6.07, 6.45) is 0. The highest BCUT2D eigenvalue weighted by Crippen LogP contribution is 2.29. The van der Waals surface area contributed by atoms with Crippen molar-refractivity contribution in [1.29, 1.82) is 0 Å². The standard InChI is InChI=1S/C18H18Cl2N2/c19-10-11-22-15(12-20)13-21-18(14-6-2-1-3-7-14)16-8-4-5-9-17(16)22/h1-9,15H,10-13H2. The molecule has 1 aliphatic rings. The van der Waals surface area contributed by atoms with E-state index in [4.69, 9.17) is 28.2 Å². The fourth-order valence-corrected chi connectivity index (χ4v) is 3.32. The first-order chi connectivity index (χ1) is 10.8. The van der Waals surface area contributed by atoms with Crippen LogP contribution in [0.3, 0.4) is 0 Å². The number of benzene rings is 2. The zero-order valence-electron chi connectivity index (χ0n) is 12.3. The van der Waals surface area contributed by atoms with Crippen LogP contribution in [0, 0.1) is 0 Å². The highest BCUT2D eigenvalue weighted by atomic mass is 35.5. The van der Waals surface area contributed by atoms with Crippen molar-refractivity contribution in [3.63, 3.8) is 0 Å². The second-order valence-corrected chi connectivity index (χ2v) is 5.95. The molecule has 0 N–H and O–H groups in total. The molecule has 114 valence electrons. The van der Waals surface area contributed by atoms with E-state index in [-0.39, 0.29) is 6.04 Å². The highest BCUT2D eigenvalue weighted by Gasteiger charge is 2.25. The van der Waals surface area contributed by atoms with Crippen molar-refractivity contribution in [1.82, 2.24) is 0 Å². The van der Waals surface area contributed by atoms with E-state index >= 15 is 0 Å². The molecule has 0 aromatic heterocycles. The predicted molar refractivity (Wildman–Crippen MR) is 96.0 cm³/mol. The summed E-state index contributed by atoms with van der Waals surface area (Å²) in [5.41, 5.74) is 4.47. The van der Waals surface area contributed by atoms with Crippen molar-refractivity contribution in [2.45, 2.75) is 6.04 Å². The predicted octanol–water partition coefficient (Wildman–Crippen LogP) is 4.19. The summed E-state index contributed by atoms with van der Waals surface area (Å²) in [5.74, 6) is 1.11. The van der Waals surface area contributed by atoms with E-state index < -0.39 is 0 Å². The summed E-state index contributed by atoms with van der Waals surface area (Å²) in [6, 6.07) is 18.8. The maximum atomic E-state index is 6.19. The number of aliphatic imine (C=N–C) groups is 1. The highest BCUT2D eigenvalue weighted by molar-refractivity contribution is 6.20. The molecular formula is C18H18Cl2N2. The third-order valence-corrected chi connectivity index (χ3v) is 4.45. The SMILES string of the molecule is ClCCN1c2ccccc2C(c2ccccc2)=NCC1CCl. The number of para-hydroxylation sites is 1. The zero-order chi connectivity index (χ0) is 15.4. The second-order valence-electron chi connectivity index (χ2n) is 5.26. The number of fused-ring (bicyclic) bond motifs is 1. The van der Waals surface area contributed by atoms with E-state index in [2.05, 4.69) is 41.3 Å². The number of rotatable bonds is 4. The first-order valence-corrected chi connectivity index (χ1v) is 8.50. The first-order valence-electron chi connectivity index (χ1n) is 7.43. The monoisotopic (exact) mass is 332 g/mol. The van der Waals surface area contributed by atoms with Crippen molar-refractivity contribution in [3.8, 4) is 0 Å². The van der Waals surface area contributed by atoms with Gasteiger partial charge in [-0.1, -0.05) is 48.5 Å². The van der Waals surface area contributed by atoms with E-state index in [0.29, 0.717) is 18.3 Å². The average molecular weight is 333 g/mol. The molecule has 0 amide bonds. The molecule has 1 atom stereocenters. The third-order valence-electron chi connectivity index (χ3n) is 3.92. The van der Waals surface area contributed by atoms with Crippen LogP contribution in [-0.2, 0) is 0 Å². The van der Waals surface area contributed by atoms with Crippen LogP contribution in [0.25, 0.3) is 0 Å². The summed E-state index contributed by atoms with van der Waals surface area (Å²) in [7, 11) is 0. The number of anilines is 1.